The van der Waals surface area contributed by atoms with Gasteiger partial charge in [-0.05, 0) is 31.7 Å². The Balaban J connectivity index is 0.00000264. The van der Waals surface area contributed by atoms with Crippen molar-refractivity contribution in [3.05, 3.63) is 22.2 Å². The maximum absolute atomic E-state index is 12.8. The SMILES string of the molecule is COc1cc(Cl)c(S(=O)(=O)N2CCCC(C(C)N)C2)cc1Cl.Cl. The molecule has 23 heavy (non-hydrogen) atoms. The highest BCUT2D eigenvalue weighted by molar-refractivity contribution is 7.89. The van der Waals surface area contributed by atoms with Crippen molar-refractivity contribution in [2.75, 3.05) is 20.2 Å². The van der Waals surface area contributed by atoms with E-state index in [9.17, 15) is 8.42 Å². The molecule has 132 valence electrons. The Labute approximate surface area is 153 Å². The third-order valence-electron chi connectivity index (χ3n) is 3.99. The Bertz CT molecular complexity index is 653. The molecule has 0 spiro atoms. The van der Waals surface area contributed by atoms with Crippen molar-refractivity contribution in [1.29, 1.82) is 0 Å². The normalized spacial score (nSPS) is 20.7. The van der Waals surface area contributed by atoms with Crippen molar-refractivity contribution in [2.24, 2.45) is 11.7 Å². The van der Waals surface area contributed by atoms with E-state index in [0.29, 0.717) is 18.8 Å². The van der Waals surface area contributed by atoms with Crippen LogP contribution in [-0.4, -0.2) is 39.0 Å². The second kappa shape index (κ2) is 8.23. The molecule has 0 saturated carbocycles. The number of ether oxygens (including phenoxy) is 1. The largest absolute Gasteiger partial charge is 0.495 e. The first-order valence-corrected chi connectivity index (χ1v) is 9.25. The second-order valence-electron chi connectivity index (χ2n) is 5.54. The summed E-state index contributed by atoms with van der Waals surface area (Å²) in [7, 11) is -2.25. The molecular formula is C14H21Cl3N2O3S. The van der Waals surface area contributed by atoms with Crippen molar-refractivity contribution in [3.8, 4) is 5.75 Å². The van der Waals surface area contributed by atoms with Gasteiger partial charge in [0.15, 0.2) is 0 Å². The van der Waals surface area contributed by atoms with Crippen molar-refractivity contribution >= 4 is 45.6 Å². The number of halogens is 3. The topological polar surface area (TPSA) is 72.6 Å². The minimum atomic E-state index is -3.70. The maximum atomic E-state index is 12.8. The van der Waals surface area contributed by atoms with E-state index < -0.39 is 10.0 Å². The summed E-state index contributed by atoms with van der Waals surface area (Å²) in [6.45, 7) is 2.77. The lowest BCUT2D eigenvalue weighted by molar-refractivity contribution is 0.243. The molecular weight excluding hydrogens is 383 g/mol. The molecule has 0 aliphatic carbocycles. The number of methoxy groups -OCH3 is 1. The van der Waals surface area contributed by atoms with Crippen LogP contribution >= 0.6 is 35.6 Å². The van der Waals surface area contributed by atoms with Crippen LogP contribution in [0, 0.1) is 5.92 Å². The maximum Gasteiger partial charge on any atom is 0.244 e. The van der Waals surface area contributed by atoms with E-state index >= 15 is 0 Å². The lowest BCUT2D eigenvalue weighted by Crippen LogP contribution is -2.45. The third kappa shape index (κ3) is 4.44. The summed E-state index contributed by atoms with van der Waals surface area (Å²) in [5.74, 6) is 0.494. The Morgan fingerprint density at radius 3 is 2.57 bits per heavy atom. The fraction of sp³-hybridized carbons (Fsp3) is 0.571. The molecule has 2 rings (SSSR count). The lowest BCUT2D eigenvalue weighted by Gasteiger charge is -2.34. The van der Waals surface area contributed by atoms with Crippen LogP contribution in [-0.2, 0) is 10.0 Å². The predicted octanol–water partition coefficient (Wildman–Crippen LogP) is 3.17. The van der Waals surface area contributed by atoms with Crippen molar-refractivity contribution in [2.45, 2.75) is 30.7 Å². The van der Waals surface area contributed by atoms with Crippen LogP contribution in [0.2, 0.25) is 10.0 Å². The van der Waals surface area contributed by atoms with Gasteiger partial charge in [-0.1, -0.05) is 23.2 Å². The molecule has 1 heterocycles. The summed E-state index contributed by atoms with van der Waals surface area (Å²) in [5, 5.41) is 0.315. The first kappa shape index (κ1) is 20.8. The summed E-state index contributed by atoms with van der Waals surface area (Å²) in [4.78, 5) is 0.00490. The average Bonchev–Trinajstić information content (AvgIpc) is 2.49. The minimum absolute atomic E-state index is 0. The van der Waals surface area contributed by atoms with Gasteiger partial charge in [0.2, 0.25) is 10.0 Å². The monoisotopic (exact) mass is 402 g/mol. The van der Waals surface area contributed by atoms with Crippen molar-refractivity contribution in [1.82, 2.24) is 4.31 Å². The van der Waals surface area contributed by atoms with Gasteiger partial charge in [0.1, 0.15) is 10.6 Å². The zero-order chi connectivity index (χ0) is 16.5. The van der Waals surface area contributed by atoms with Crippen LogP contribution in [0.4, 0.5) is 0 Å². The van der Waals surface area contributed by atoms with Crippen LogP contribution in [0.25, 0.3) is 0 Å². The van der Waals surface area contributed by atoms with E-state index in [0.717, 1.165) is 12.8 Å². The fourth-order valence-corrected chi connectivity index (χ4v) is 4.98. The molecule has 0 aromatic heterocycles. The van der Waals surface area contributed by atoms with Gasteiger partial charge in [0, 0.05) is 25.2 Å². The van der Waals surface area contributed by atoms with E-state index in [1.165, 1.54) is 23.5 Å². The van der Waals surface area contributed by atoms with Gasteiger partial charge in [-0.2, -0.15) is 4.31 Å². The molecule has 9 heteroatoms. The first-order chi connectivity index (χ1) is 10.3. The number of sulfonamides is 1. The quantitative estimate of drug-likeness (QED) is 0.838. The number of hydrogen-bond donors (Lipinski definition) is 1. The summed E-state index contributed by atoms with van der Waals surface area (Å²) in [6.07, 6.45) is 1.72. The Morgan fingerprint density at radius 2 is 2.00 bits per heavy atom. The standard InChI is InChI=1S/C14H20Cl2N2O3S.ClH/c1-9(17)10-4-3-5-18(8-10)22(19,20)14-7-11(15)13(21-2)6-12(14)16;/h6-7,9-10H,3-5,8,17H2,1-2H3;1H. The summed E-state index contributed by atoms with van der Waals surface area (Å²) >= 11 is 12.2. The molecule has 2 atom stereocenters. The Hall–Kier alpha value is -0.240. The number of nitrogens with two attached hydrogens (primary N) is 1. The highest BCUT2D eigenvalue weighted by atomic mass is 35.5. The molecule has 2 N–H and O–H groups in total. The molecule has 0 radical (unpaired) electrons. The smallest absolute Gasteiger partial charge is 0.244 e. The first-order valence-electron chi connectivity index (χ1n) is 7.06. The van der Waals surface area contributed by atoms with Gasteiger partial charge in [0.05, 0.1) is 17.2 Å². The van der Waals surface area contributed by atoms with E-state index in [-0.39, 0.29) is 39.3 Å². The molecule has 0 amide bonds. The summed E-state index contributed by atoms with van der Waals surface area (Å²) in [5.41, 5.74) is 5.92. The predicted molar refractivity (Wildman–Crippen MR) is 95.4 cm³/mol. The van der Waals surface area contributed by atoms with Crippen LogP contribution in [0.5, 0.6) is 5.75 Å². The molecule has 1 aliphatic heterocycles. The highest BCUT2D eigenvalue weighted by Gasteiger charge is 2.33. The van der Waals surface area contributed by atoms with E-state index in [1.807, 2.05) is 6.92 Å². The molecule has 0 bridgehead atoms. The lowest BCUT2D eigenvalue weighted by atomic mass is 9.93. The van der Waals surface area contributed by atoms with E-state index in [1.54, 1.807) is 0 Å². The van der Waals surface area contributed by atoms with Crippen LogP contribution in [0.3, 0.4) is 0 Å². The van der Waals surface area contributed by atoms with Crippen LogP contribution in [0.15, 0.2) is 17.0 Å². The fourth-order valence-electron chi connectivity index (χ4n) is 2.62. The molecule has 1 aliphatic rings. The summed E-state index contributed by atoms with van der Waals surface area (Å²) < 4.78 is 32.1. The Kier molecular flexibility index (Phi) is 7.44. The number of nitrogens with zero attached hydrogens (tertiary/aromatic N) is 1. The van der Waals surface area contributed by atoms with E-state index in [4.69, 9.17) is 33.7 Å². The van der Waals surface area contributed by atoms with Gasteiger partial charge in [0.25, 0.3) is 0 Å². The molecule has 1 aromatic rings. The van der Waals surface area contributed by atoms with Crippen LogP contribution < -0.4 is 10.5 Å². The zero-order valence-electron chi connectivity index (χ0n) is 13.0. The molecule has 1 fully saturated rings. The highest BCUT2D eigenvalue weighted by Crippen LogP contribution is 2.35. The van der Waals surface area contributed by atoms with Gasteiger partial charge >= 0.3 is 0 Å². The van der Waals surface area contributed by atoms with Gasteiger partial charge in [-0.25, -0.2) is 8.42 Å². The second-order valence-corrected chi connectivity index (χ2v) is 8.26. The Morgan fingerprint density at radius 1 is 1.35 bits per heavy atom. The molecule has 1 aromatic carbocycles. The third-order valence-corrected chi connectivity index (χ3v) is 6.61. The number of rotatable bonds is 4. The number of benzene rings is 1. The van der Waals surface area contributed by atoms with Gasteiger partial charge in [-0.3, -0.25) is 0 Å². The van der Waals surface area contributed by atoms with Crippen molar-refractivity contribution in [3.63, 3.8) is 0 Å². The van der Waals surface area contributed by atoms with Gasteiger partial charge < -0.3 is 10.5 Å². The number of hydrogen-bond acceptors (Lipinski definition) is 4. The zero-order valence-corrected chi connectivity index (χ0v) is 16.1. The van der Waals surface area contributed by atoms with Gasteiger partial charge in [-0.15, -0.1) is 12.4 Å². The molecule has 5 nitrogen and oxygen atoms in total. The van der Waals surface area contributed by atoms with E-state index in [2.05, 4.69) is 0 Å². The summed E-state index contributed by atoms with van der Waals surface area (Å²) in [6, 6.07) is 2.71. The molecule has 1 saturated heterocycles. The molecule has 2 unspecified atom stereocenters. The average molecular weight is 404 g/mol. The number of piperidine rings is 1. The van der Waals surface area contributed by atoms with Crippen molar-refractivity contribution < 1.29 is 13.2 Å². The van der Waals surface area contributed by atoms with Crippen LogP contribution in [0.1, 0.15) is 19.8 Å². The minimum Gasteiger partial charge on any atom is -0.495 e.